The molecule has 0 bridgehead atoms. The van der Waals surface area contributed by atoms with E-state index in [2.05, 4.69) is 10.3 Å². The Morgan fingerprint density at radius 1 is 1.39 bits per heavy atom. The van der Waals surface area contributed by atoms with E-state index < -0.39 is 12.7 Å². The lowest BCUT2D eigenvalue weighted by atomic mass is 10.0. The van der Waals surface area contributed by atoms with Gasteiger partial charge in [-0.05, 0) is 32.6 Å². The van der Waals surface area contributed by atoms with E-state index in [1.54, 1.807) is 6.33 Å². The summed E-state index contributed by atoms with van der Waals surface area (Å²) < 4.78 is 38.1. The second-order valence-electron chi connectivity index (χ2n) is 4.85. The summed E-state index contributed by atoms with van der Waals surface area (Å²) in [5, 5.41) is 2.45. The van der Waals surface area contributed by atoms with Gasteiger partial charge in [0.25, 0.3) is 0 Å². The molecule has 0 aromatic carbocycles. The maximum atomic E-state index is 12.0. The van der Waals surface area contributed by atoms with E-state index in [1.165, 1.54) is 5.69 Å². The fourth-order valence-corrected chi connectivity index (χ4v) is 2.39. The number of nitrogens with zero attached hydrogens (tertiary/aromatic N) is 2. The molecule has 1 unspecified atom stereocenters. The van der Waals surface area contributed by atoms with Crippen LogP contribution < -0.4 is 5.32 Å². The van der Waals surface area contributed by atoms with Crippen LogP contribution in [-0.4, -0.2) is 28.8 Å². The number of hydrogen-bond acceptors (Lipinski definition) is 2. The number of fused-ring (bicyclic) bond motifs is 1. The van der Waals surface area contributed by atoms with Crippen LogP contribution in [-0.2, 0) is 12.8 Å². The molecule has 1 heterocycles. The average molecular weight is 261 g/mol. The minimum Gasteiger partial charge on any atom is -0.330 e. The highest BCUT2D eigenvalue weighted by molar-refractivity contribution is 5.17. The zero-order chi connectivity index (χ0) is 13.2. The Kier molecular flexibility index (Phi) is 3.94. The second-order valence-corrected chi connectivity index (χ2v) is 4.85. The van der Waals surface area contributed by atoms with Crippen molar-refractivity contribution in [3.8, 4) is 0 Å². The molecule has 0 saturated heterocycles. The number of aromatic nitrogens is 2. The highest BCUT2D eigenvalue weighted by atomic mass is 19.4. The molecule has 1 atom stereocenters. The third-order valence-corrected chi connectivity index (χ3v) is 3.30. The SMILES string of the molecule is CC(CNCC(F)(F)F)n1cnc2c1CCCC2. The Labute approximate surface area is 104 Å². The van der Waals surface area contributed by atoms with Crippen molar-refractivity contribution in [3.05, 3.63) is 17.7 Å². The minimum atomic E-state index is -4.14. The van der Waals surface area contributed by atoms with Crippen LogP contribution >= 0.6 is 0 Å². The van der Waals surface area contributed by atoms with Crippen LogP contribution in [0.15, 0.2) is 6.33 Å². The molecule has 1 aliphatic rings. The van der Waals surface area contributed by atoms with Crippen molar-refractivity contribution in [2.75, 3.05) is 13.1 Å². The van der Waals surface area contributed by atoms with Crippen molar-refractivity contribution in [1.82, 2.24) is 14.9 Å². The van der Waals surface area contributed by atoms with Gasteiger partial charge in [-0.15, -0.1) is 0 Å². The van der Waals surface area contributed by atoms with Crippen molar-refractivity contribution in [2.24, 2.45) is 0 Å². The summed E-state index contributed by atoms with van der Waals surface area (Å²) in [5.41, 5.74) is 2.31. The first kappa shape index (κ1) is 13.4. The molecular weight excluding hydrogens is 243 g/mol. The predicted molar refractivity (Wildman–Crippen MR) is 62.5 cm³/mol. The predicted octanol–water partition coefficient (Wildman–Crippen LogP) is 2.47. The van der Waals surface area contributed by atoms with Crippen molar-refractivity contribution >= 4 is 0 Å². The molecule has 0 saturated carbocycles. The smallest absolute Gasteiger partial charge is 0.330 e. The van der Waals surface area contributed by atoms with Crippen LogP contribution in [0.2, 0.25) is 0 Å². The number of halogens is 3. The lowest BCUT2D eigenvalue weighted by Crippen LogP contribution is -2.33. The molecule has 6 heteroatoms. The molecule has 0 spiro atoms. The molecule has 1 aromatic rings. The van der Waals surface area contributed by atoms with Crippen LogP contribution in [0.1, 0.15) is 37.2 Å². The highest BCUT2D eigenvalue weighted by Crippen LogP contribution is 2.22. The fourth-order valence-electron chi connectivity index (χ4n) is 2.39. The van der Waals surface area contributed by atoms with E-state index >= 15 is 0 Å². The number of rotatable bonds is 4. The molecule has 102 valence electrons. The van der Waals surface area contributed by atoms with Crippen molar-refractivity contribution in [3.63, 3.8) is 0 Å². The van der Waals surface area contributed by atoms with Crippen LogP contribution in [0.5, 0.6) is 0 Å². The van der Waals surface area contributed by atoms with E-state index in [4.69, 9.17) is 0 Å². The highest BCUT2D eigenvalue weighted by Gasteiger charge is 2.26. The van der Waals surface area contributed by atoms with E-state index in [0.717, 1.165) is 31.4 Å². The summed E-state index contributed by atoms with van der Waals surface area (Å²) in [7, 11) is 0. The molecule has 0 aliphatic heterocycles. The van der Waals surface area contributed by atoms with E-state index in [9.17, 15) is 13.2 Å². The van der Waals surface area contributed by atoms with Gasteiger partial charge in [0.2, 0.25) is 0 Å². The topological polar surface area (TPSA) is 29.9 Å². The standard InChI is InChI=1S/C12H18F3N3/c1-9(6-16-7-12(13,14)15)18-8-17-10-4-2-3-5-11(10)18/h8-9,16H,2-7H2,1H3. The van der Waals surface area contributed by atoms with Gasteiger partial charge in [-0.3, -0.25) is 0 Å². The molecule has 1 aliphatic carbocycles. The quantitative estimate of drug-likeness (QED) is 0.902. The average Bonchev–Trinajstić information content (AvgIpc) is 2.70. The van der Waals surface area contributed by atoms with E-state index in [-0.39, 0.29) is 6.04 Å². The maximum absolute atomic E-state index is 12.0. The normalized spacial score (nSPS) is 17.6. The molecule has 18 heavy (non-hydrogen) atoms. The Bertz CT molecular complexity index is 398. The van der Waals surface area contributed by atoms with E-state index in [1.807, 2.05) is 11.5 Å². The Morgan fingerprint density at radius 3 is 2.83 bits per heavy atom. The van der Waals surface area contributed by atoms with Gasteiger partial charge in [0.05, 0.1) is 18.6 Å². The van der Waals surface area contributed by atoms with Gasteiger partial charge in [-0.25, -0.2) is 4.98 Å². The van der Waals surface area contributed by atoms with Crippen LogP contribution in [0, 0.1) is 0 Å². The monoisotopic (exact) mass is 261 g/mol. The van der Waals surface area contributed by atoms with Gasteiger partial charge < -0.3 is 9.88 Å². The fraction of sp³-hybridized carbons (Fsp3) is 0.750. The van der Waals surface area contributed by atoms with Gasteiger partial charge >= 0.3 is 6.18 Å². The molecule has 2 rings (SSSR count). The van der Waals surface area contributed by atoms with E-state index in [0.29, 0.717) is 6.54 Å². The third kappa shape index (κ3) is 3.25. The summed E-state index contributed by atoms with van der Waals surface area (Å²) in [4.78, 5) is 4.35. The number of alkyl halides is 3. The zero-order valence-electron chi connectivity index (χ0n) is 10.4. The second kappa shape index (κ2) is 5.30. The zero-order valence-corrected chi connectivity index (χ0v) is 10.4. The number of nitrogens with one attached hydrogen (secondary N) is 1. The van der Waals surface area contributed by atoms with Crippen molar-refractivity contribution in [1.29, 1.82) is 0 Å². The van der Waals surface area contributed by atoms with Gasteiger partial charge in [-0.1, -0.05) is 0 Å². The molecule has 0 amide bonds. The van der Waals surface area contributed by atoms with Gasteiger partial charge in [0.1, 0.15) is 0 Å². The van der Waals surface area contributed by atoms with Gasteiger partial charge in [-0.2, -0.15) is 13.2 Å². The van der Waals surface area contributed by atoms with Gasteiger partial charge in [0, 0.05) is 18.3 Å². The first-order valence-corrected chi connectivity index (χ1v) is 6.29. The summed E-state index contributed by atoms with van der Waals surface area (Å²) in [5.74, 6) is 0. The number of aryl methyl sites for hydroxylation is 1. The van der Waals surface area contributed by atoms with Crippen LogP contribution in [0.3, 0.4) is 0 Å². The van der Waals surface area contributed by atoms with Crippen LogP contribution in [0.25, 0.3) is 0 Å². The third-order valence-electron chi connectivity index (χ3n) is 3.30. The lowest BCUT2D eigenvalue weighted by molar-refractivity contribution is -0.124. The Morgan fingerprint density at radius 2 is 2.11 bits per heavy atom. The summed E-state index contributed by atoms with van der Waals surface area (Å²) in [6.45, 7) is 1.29. The molecule has 0 fully saturated rings. The van der Waals surface area contributed by atoms with Gasteiger partial charge in [0.15, 0.2) is 0 Å². The first-order chi connectivity index (χ1) is 8.47. The molecule has 0 radical (unpaired) electrons. The largest absolute Gasteiger partial charge is 0.401 e. The Balaban J connectivity index is 1.93. The molecule has 3 nitrogen and oxygen atoms in total. The lowest BCUT2D eigenvalue weighted by Gasteiger charge is -2.20. The summed E-state index contributed by atoms with van der Waals surface area (Å²) >= 11 is 0. The van der Waals surface area contributed by atoms with Crippen molar-refractivity contribution in [2.45, 2.75) is 44.8 Å². The summed E-state index contributed by atoms with van der Waals surface area (Å²) in [6, 6.07) is 0.00157. The maximum Gasteiger partial charge on any atom is 0.401 e. The van der Waals surface area contributed by atoms with Crippen LogP contribution in [0.4, 0.5) is 13.2 Å². The minimum absolute atomic E-state index is 0.00157. The molecule has 1 N–H and O–H groups in total. The Hall–Kier alpha value is -1.04. The summed E-state index contributed by atoms with van der Waals surface area (Å²) in [6.07, 6.45) is 1.89. The molecule has 1 aromatic heterocycles. The molecular formula is C12H18F3N3. The van der Waals surface area contributed by atoms with Crippen molar-refractivity contribution < 1.29 is 13.2 Å². The number of hydrogen-bond donors (Lipinski definition) is 1. The first-order valence-electron chi connectivity index (χ1n) is 6.29. The number of imidazole rings is 1.